The van der Waals surface area contributed by atoms with Gasteiger partial charge in [-0.25, -0.2) is 15.0 Å². The number of nitrogens with zero attached hydrogens (tertiary/aromatic N) is 4. The first-order valence-corrected chi connectivity index (χ1v) is 18.8. The number of hydrogen-bond acceptors (Lipinski definition) is 4. The zero-order valence-corrected chi connectivity index (χ0v) is 30.2. The SMILES string of the molecule is c1ccc(-c2ccc(-n3c4ccccc4c4cc(-c5cccc6oc7c(-c8nc(-c9ccccc9)nc(-c9ccccc9)n8)cccc7c56)ccc43)cc2)cc1. The van der Waals surface area contributed by atoms with Crippen LogP contribution in [-0.4, -0.2) is 19.5 Å². The molecule has 0 saturated heterocycles. The van der Waals surface area contributed by atoms with Gasteiger partial charge in [0, 0.05) is 38.4 Å². The molecule has 11 rings (SSSR count). The van der Waals surface area contributed by atoms with Gasteiger partial charge in [-0.05, 0) is 64.7 Å². The van der Waals surface area contributed by atoms with Crippen molar-refractivity contribution in [2.75, 3.05) is 0 Å². The van der Waals surface area contributed by atoms with Crippen molar-refractivity contribution >= 4 is 43.7 Å². The van der Waals surface area contributed by atoms with Crippen molar-refractivity contribution in [2.24, 2.45) is 0 Å². The van der Waals surface area contributed by atoms with E-state index in [1.165, 1.54) is 27.4 Å². The van der Waals surface area contributed by atoms with Crippen LogP contribution in [0.25, 0.3) is 106 Å². The monoisotopic (exact) mass is 716 g/mol. The van der Waals surface area contributed by atoms with Crippen LogP contribution in [-0.2, 0) is 0 Å². The number of rotatable bonds is 6. The van der Waals surface area contributed by atoms with E-state index in [1.807, 2.05) is 72.8 Å². The molecule has 0 saturated carbocycles. The van der Waals surface area contributed by atoms with Gasteiger partial charge >= 0.3 is 0 Å². The van der Waals surface area contributed by atoms with Crippen molar-refractivity contribution in [3.8, 4) is 62.1 Å². The van der Waals surface area contributed by atoms with Crippen molar-refractivity contribution in [3.63, 3.8) is 0 Å². The highest BCUT2D eigenvalue weighted by Crippen LogP contribution is 2.42. The number of para-hydroxylation sites is 2. The van der Waals surface area contributed by atoms with Crippen molar-refractivity contribution in [2.45, 2.75) is 0 Å². The Bertz CT molecular complexity index is 3160. The van der Waals surface area contributed by atoms with Gasteiger partial charge in [0.05, 0.1) is 16.6 Å². The summed E-state index contributed by atoms with van der Waals surface area (Å²) in [5.41, 5.74) is 12.3. The van der Waals surface area contributed by atoms with E-state index < -0.39 is 0 Å². The van der Waals surface area contributed by atoms with E-state index in [0.717, 1.165) is 61.0 Å². The van der Waals surface area contributed by atoms with E-state index in [9.17, 15) is 0 Å². The molecule has 0 amide bonds. The molecule has 0 aliphatic heterocycles. The van der Waals surface area contributed by atoms with Crippen LogP contribution in [0.2, 0.25) is 0 Å². The highest BCUT2D eigenvalue weighted by Gasteiger charge is 2.20. The van der Waals surface area contributed by atoms with Crippen molar-refractivity contribution in [1.82, 2.24) is 19.5 Å². The van der Waals surface area contributed by atoms with E-state index in [4.69, 9.17) is 19.4 Å². The average molecular weight is 717 g/mol. The van der Waals surface area contributed by atoms with E-state index in [2.05, 4.69) is 126 Å². The van der Waals surface area contributed by atoms with Gasteiger partial charge in [0.2, 0.25) is 0 Å². The molecular weight excluding hydrogens is 685 g/mol. The Hall–Kier alpha value is -7.63. The molecular formula is C51H32N4O. The second kappa shape index (κ2) is 13.0. The maximum absolute atomic E-state index is 6.75. The predicted octanol–water partition coefficient (Wildman–Crippen LogP) is 13.2. The third-order valence-corrected chi connectivity index (χ3v) is 10.7. The highest BCUT2D eigenvalue weighted by atomic mass is 16.3. The fourth-order valence-electron chi connectivity index (χ4n) is 8.05. The topological polar surface area (TPSA) is 56.7 Å². The van der Waals surface area contributed by atoms with Gasteiger partial charge in [-0.1, -0.05) is 152 Å². The Balaban J connectivity index is 1.06. The normalized spacial score (nSPS) is 11.6. The fraction of sp³-hybridized carbons (Fsp3) is 0. The largest absolute Gasteiger partial charge is 0.455 e. The fourth-order valence-corrected chi connectivity index (χ4v) is 8.05. The molecule has 5 heteroatoms. The summed E-state index contributed by atoms with van der Waals surface area (Å²) < 4.78 is 9.11. The maximum atomic E-state index is 6.75. The third kappa shape index (κ3) is 5.29. The Morgan fingerprint density at radius 3 is 1.61 bits per heavy atom. The molecule has 0 radical (unpaired) electrons. The zero-order valence-electron chi connectivity index (χ0n) is 30.2. The first-order valence-electron chi connectivity index (χ1n) is 18.8. The standard InChI is InChI=1S/C51H32N4O/c1-4-14-33(15-5-1)34-26-29-38(30-27-34)55-44-24-11-10-20-40(44)43-32-37(28-31-45(43)55)39-21-13-25-46-47(39)41-22-12-23-42(48(41)56-46)51-53-49(35-16-6-2-7-17-35)52-50(54-51)36-18-8-3-9-19-36/h1-32H. The second-order valence-electron chi connectivity index (χ2n) is 14.0. The van der Waals surface area contributed by atoms with Gasteiger partial charge in [-0.3, -0.25) is 0 Å². The number of hydrogen-bond donors (Lipinski definition) is 0. The predicted molar refractivity (Wildman–Crippen MR) is 229 cm³/mol. The van der Waals surface area contributed by atoms with Crippen LogP contribution in [0.15, 0.2) is 199 Å². The average Bonchev–Trinajstić information content (AvgIpc) is 3.83. The number of furan rings is 1. The Morgan fingerprint density at radius 1 is 0.357 bits per heavy atom. The summed E-state index contributed by atoms with van der Waals surface area (Å²) in [5.74, 6) is 1.79. The minimum atomic E-state index is 0.565. The molecule has 262 valence electrons. The molecule has 3 aromatic heterocycles. The summed E-state index contributed by atoms with van der Waals surface area (Å²) in [6.45, 7) is 0. The lowest BCUT2D eigenvalue weighted by Gasteiger charge is -2.10. The molecule has 5 nitrogen and oxygen atoms in total. The summed E-state index contributed by atoms with van der Waals surface area (Å²) in [6.07, 6.45) is 0. The molecule has 56 heavy (non-hydrogen) atoms. The van der Waals surface area contributed by atoms with E-state index in [1.54, 1.807) is 0 Å². The van der Waals surface area contributed by atoms with E-state index in [-0.39, 0.29) is 0 Å². The van der Waals surface area contributed by atoms with Crippen molar-refractivity contribution in [3.05, 3.63) is 194 Å². The van der Waals surface area contributed by atoms with Crippen LogP contribution in [0.1, 0.15) is 0 Å². The lowest BCUT2D eigenvalue weighted by molar-refractivity contribution is 0.669. The van der Waals surface area contributed by atoms with Crippen LogP contribution in [0, 0.1) is 0 Å². The Morgan fingerprint density at radius 2 is 0.893 bits per heavy atom. The van der Waals surface area contributed by atoms with Crippen LogP contribution in [0.3, 0.4) is 0 Å². The Labute approximate surface area is 322 Å². The van der Waals surface area contributed by atoms with Gasteiger partial charge in [0.25, 0.3) is 0 Å². The minimum Gasteiger partial charge on any atom is -0.455 e. The highest BCUT2D eigenvalue weighted by molar-refractivity contribution is 6.17. The van der Waals surface area contributed by atoms with E-state index >= 15 is 0 Å². The summed E-state index contributed by atoms with van der Waals surface area (Å²) >= 11 is 0. The molecule has 8 aromatic carbocycles. The van der Waals surface area contributed by atoms with Crippen LogP contribution in [0.5, 0.6) is 0 Å². The lowest BCUT2D eigenvalue weighted by Crippen LogP contribution is -2.00. The molecule has 0 bridgehead atoms. The molecule has 0 atom stereocenters. The van der Waals surface area contributed by atoms with Crippen LogP contribution < -0.4 is 0 Å². The maximum Gasteiger partial charge on any atom is 0.167 e. The molecule has 0 aliphatic carbocycles. The van der Waals surface area contributed by atoms with Crippen LogP contribution in [0.4, 0.5) is 0 Å². The van der Waals surface area contributed by atoms with Gasteiger partial charge in [-0.15, -0.1) is 0 Å². The van der Waals surface area contributed by atoms with E-state index in [0.29, 0.717) is 17.5 Å². The molecule has 0 aliphatic rings. The number of aromatic nitrogens is 4. The van der Waals surface area contributed by atoms with Gasteiger partial charge in [0.1, 0.15) is 11.2 Å². The quantitative estimate of drug-likeness (QED) is 0.172. The first kappa shape index (κ1) is 31.9. The van der Waals surface area contributed by atoms with Crippen molar-refractivity contribution < 1.29 is 4.42 Å². The Kier molecular flexibility index (Phi) is 7.42. The molecule has 0 spiro atoms. The van der Waals surface area contributed by atoms with Gasteiger partial charge < -0.3 is 8.98 Å². The third-order valence-electron chi connectivity index (χ3n) is 10.7. The molecule has 3 heterocycles. The van der Waals surface area contributed by atoms with Crippen molar-refractivity contribution in [1.29, 1.82) is 0 Å². The number of fused-ring (bicyclic) bond motifs is 6. The lowest BCUT2D eigenvalue weighted by atomic mass is 9.97. The molecule has 0 fully saturated rings. The molecule has 0 unspecified atom stereocenters. The molecule has 0 N–H and O–H groups in total. The summed E-state index contributed by atoms with van der Waals surface area (Å²) in [7, 11) is 0. The summed E-state index contributed by atoms with van der Waals surface area (Å²) in [4.78, 5) is 15.0. The zero-order chi connectivity index (χ0) is 37.0. The van der Waals surface area contributed by atoms with Crippen LogP contribution >= 0.6 is 0 Å². The smallest absolute Gasteiger partial charge is 0.167 e. The second-order valence-corrected chi connectivity index (χ2v) is 14.0. The number of benzene rings is 8. The summed E-state index contributed by atoms with van der Waals surface area (Å²) in [6, 6.07) is 67.5. The first-order chi connectivity index (χ1) is 27.8. The van der Waals surface area contributed by atoms with Gasteiger partial charge in [0.15, 0.2) is 17.5 Å². The minimum absolute atomic E-state index is 0.565. The molecule has 11 aromatic rings. The van der Waals surface area contributed by atoms with Gasteiger partial charge in [-0.2, -0.15) is 0 Å². The summed E-state index contributed by atoms with van der Waals surface area (Å²) in [5, 5.41) is 4.48.